The first-order chi connectivity index (χ1) is 13.5. The van der Waals surface area contributed by atoms with Crippen LogP contribution in [0.4, 0.5) is 0 Å². The summed E-state index contributed by atoms with van der Waals surface area (Å²) in [5.41, 5.74) is 2.00. The Morgan fingerprint density at radius 3 is 2.93 bits per heavy atom. The van der Waals surface area contributed by atoms with Crippen LogP contribution in [-0.4, -0.2) is 58.2 Å². The van der Waals surface area contributed by atoms with Crippen LogP contribution in [0, 0.1) is 0 Å². The van der Waals surface area contributed by atoms with Crippen molar-refractivity contribution in [1.82, 2.24) is 10.2 Å². The van der Waals surface area contributed by atoms with Crippen molar-refractivity contribution >= 4 is 35.0 Å². The molecule has 9 heteroatoms. The van der Waals surface area contributed by atoms with Crippen molar-refractivity contribution in [2.45, 2.75) is 38.0 Å². The monoisotopic (exact) mass is 404 g/mol. The molecule has 150 valence electrons. The standard InChI is InChI=1S/C19H24N4O4S/c1-2-27-15-6-5-13(9-14(15)12-23-7-3-4-8-23)11-20-22-19-21-18(26)16(28-19)10-17(24)25/h5-6,9,11,16H,2-4,7-8,10,12H2,1H3,(H,24,25)(H,21,22,26). The number of ether oxygens (including phenoxy) is 1. The van der Waals surface area contributed by atoms with E-state index in [4.69, 9.17) is 9.84 Å². The van der Waals surface area contributed by atoms with Crippen LogP contribution < -0.4 is 10.1 Å². The number of benzene rings is 1. The molecule has 0 aliphatic carbocycles. The zero-order chi connectivity index (χ0) is 19.9. The van der Waals surface area contributed by atoms with Gasteiger partial charge in [0.2, 0.25) is 5.91 Å². The molecule has 3 rings (SSSR count). The molecule has 0 spiro atoms. The molecule has 28 heavy (non-hydrogen) atoms. The Bertz CT molecular complexity index is 790. The zero-order valence-electron chi connectivity index (χ0n) is 15.8. The summed E-state index contributed by atoms with van der Waals surface area (Å²) >= 11 is 1.08. The number of hydrogen-bond acceptors (Lipinski definition) is 7. The molecule has 2 aliphatic heterocycles. The van der Waals surface area contributed by atoms with Gasteiger partial charge in [-0.3, -0.25) is 14.5 Å². The molecule has 1 aromatic rings. The minimum atomic E-state index is -1.02. The van der Waals surface area contributed by atoms with E-state index in [0.29, 0.717) is 11.8 Å². The number of carbonyl (C=O) groups excluding carboxylic acids is 1. The summed E-state index contributed by atoms with van der Waals surface area (Å²) in [5, 5.41) is 19.1. The molecule has 0 aromatic heterocycles. The maximum Gasteiger partial charge on any atom is 0.305 e. The first-order valence-electron chi connectivity index (χ1n) is 9.33. The highest BCUT2D eigenvalue weighted by Gasteiger charge is 2.32. The van der Waals surface area contributed by atoms with Gasteiger partial charge in [0.25, 0.3) is 0 Å². The molecule has 1 atom stereocenters. The predicted octanol–water partition coefficient (Wildman–Crippen LogP) is 2.08. The third-order valence-electron chi connectivity index (χ3n) is 4.47. The number of likely N-dealkylation sites (tertiary alicyclic amines) is 1. The van der Waals surface area contributed by atoms with E-state index in [1.807, 2.05) is 25.1 Å². The van der Waals surface area contributed by atoms with Crippen LogP contribution in [0.1, 0.15) is 37.3 Å². The Labute approximate surface area is 168 Å². The van der Waals surface area contributed by atoms with Crippen molar-refractivity contribution in [3.63, 3.8) is 0 Å². The van der Waals surface area contributed by atoms with Crippen molar-refractivity contribution in [3.05, 3.63) is 29.3 Å². The average molecular weight is 404 g/mol. The molecule has 0 radical (unpaired) electrons. The van der Waals surface area contributed by atoms with Crippen molar-refractivity contribution in [3.8, 4) is 5.75 Å². The van der Waals surface area contributed by atoms with Crippen molar-refractivity contribution < 1.29 is 19.4 Å². The van der Waals surface area contributed by atoms with Gasteiger partial charge in [-0.1, -0.05) is 11.8 Å². The lowest BCUT2D eigenvalue weighted by Gasteiger charge is -2.18. The van der Waals surface area contributed by atoms with Gasteiger partial charge < -0.3 is 15.2 Å². The number of amidine groups is 1. The number of aliphatic carboxylic acids is 1. The fourth-order valence-electron chi connectivity index (χ4n) is 3.17. The van der Waals surface area contributed by atoms with E-state index in [1.54, 1.807) is 6.21 Å². The van der Waals surface area contributed by atoms with Crippen LogP contribution in [0.15, 0.2) is 28.4 Å². The Morgan fingerprint density at radius 2 is 2.21 bits per heavy atom. The van der Waals surface area contributed by atoms with E-state index in [2.05, 4.69) is 20.4 Å². The van der Waals surface area contributed by atoms with E-state index in [9.17, 15) is 9.59 Å². The highest BCUT2D eigenvalue weighted by molar-refractivity contribution is 8.15. The van der Waals surface area contributed by atoms with E-state index in [0.717, 1.165) is 48.3 Å². The van der Waals surface area contributed by atoms with Gasteiger partial charge >= 0.3 is 5.97 Å². The summed E-state index contributed by atoms with van der Waals surface area (Å²) in [6.45, 7) is 5.63. The first kappa shape index (κ1) is 20.3. The smallest absolute Gasteiger partial charge is 0.305 e. The van der Waals surface area contributed by atoms with E-state index < -0.39 is 11.2 Å². The summed E-state index contributed by atoms with van der Waals surface area (Å²) in [4.78, 5) is 24.9. The Balaban J connectivity index is 1.67. The second kappa shape index (κ2) is 9.70. The van der Waals surface area contributed by atoms with Gasteiger partial charge in [0.1, 0.15) is 11.0 Å². The Hall–Kier alpha value is -2.39. The van der Waals surface area contributed by atoms with Gasteiger partial charge in [-0.25, -0.2) is 0 Å². The van der Waals surface area contributed by atoms with Gasteiger partial charge in [0.15, 0.2) is 5.17 Å². The fourth-order valence-corrected chi connectivity index (χ4v) is 4.09. The lowest BCUT2D eigenvalue weighted by atomic mass is 10.1. The van der Waals surface area contributed by atoms with Crippen LogP contribution in [-0.2, 0) is 16.1 Å². The topological polar surface area (TPSA) is 104 Å². The molecular formula is C19H24N4O4S. The minimum absolute atomic E-state index is 0.238. The quantitative estimate of drug-likeness (QED) is 0.508. The van der Waals surface area contributed by atoms with Crippen LogP contribution in [0.2, 0.25) is 0 Å². The summed E-state index contributed by atoms with van der Waals surface area (Å²) < 4.78 is 5.75. The van der Waals surface area contributed by atoms with E-state index >= 15 is 0 Å². The molecule has 1 aromatic carbocycles. The second-order valence-electron chi connectivity index (χ2n) is 6.63. The normalized spacial score (nSPS) is 21.5. The fraction of sp³-hybridized carbons (Fsp3) is 0.474. The highest BCUT2D eigenvalue weighted by Crippen LogP contribution is 2.24. The SMILES string of the molecule is CCOc1ccc(C=NN=C2NC(=O)C(CC(=O)O)S2)cc1CN1CCCC1. The number of hydrogen-bond donors (Lipinski definition) is 2. The molecule has 2 N–H and O–H groups in total. The number of carbonyl (C=O) groups is 2. The molecular weight excluding hydrogens is 380 g/mol. The summed E-state index contributed by atoms with van der Waals surface area (Å²) in [5.74, 6) is -0.486. The zero-order valence-corrected chi connectivity index (χ0v) is 16.6. The first-order valence-corrected chi connectivity index (χ1v) is 10.2. The number of amides is 1. The molecule has 2 fully saturated rings. The lowest BCUT2D eigenvalue weighted by molar-refractivity contribution is -0.138. The molecule has 1 amide bonds. The number of carboxylic acid groups (broad SMARTS) is 1. The van der Waals surface area contributed by atoms with Crippen LogP contribution >= 0.6 is 11.8 Å². The van der Waals surface area contributed by atoms with Crippen LogP contribution in [0.25, 0.3) is 0 Å². The maximum atomic E-state index is 11.7. The number of thioether (sulfide) groups is 1. The van der Waals surface area contributed by atoms with Crippen molar-refractivity contribution in [1.29, 1.82) is 0 Å². The van der Waals surface area contributed by atoms with Gasteiger partial charge in [-0.15, -0.1) is 5.10 Å². The molecule has 8 nitrogen and oxygen atoms in total. The number of nitrogens with zero attached hydrogens (tertiary/aromatic N) is 3. The van der Waals surface area contributed by atoms with Crippen LogP contribution in [0.5, 0.6) is 5.75 Å². The second-order valence-corrected chi connectivity index (χ2v) is 7.82. The molecule has 0 bridgehead atoms. The highest BCUT2D eigenvalue weighted by atomic mass is 32.2. The van der Waals surface area contributed by atoms with Crippen molar-refractivity contribution in [2.75, 3.05) is 19.7 Å². The van der Waals surface area contributed by atoms with Crippen LogP contribution in [0.3, 0.4) is 0 Å². The molecule has 1 unspecified atom stereocenters. The largest absolute Gasteiger partial charge is 0.494 e. The summed E-state index contributed by atoms with van der Waals surface area (Å²) in [7, 11) is 0. The summed E-state index contributed by atoms with van der Waals surface area (Å²) in [6, 6.07) is 5.90. The minimum Gasteiger partial charge on any atom is -0.494 e. The van der Waals surface area contributed by atoms with Gasteiger partial charge in [0, 0.05) is 12.1 Å². The Morgan fingerprint density at radius 1 is 1.43 bits per heavy atom. The molecule has 2 saturated heterocycles. The number of carboxylic acids is 1. The molecule has 2 heterocycles. The maximum absolute atomic E-state index is 11.7. The predicted molar refractivity (Wildman–Crippen MR) is 109 cm³/mol. The van der Waals surface area contributed by atoms with E-state index in [1.165, 1.54) is 12.8 Å². The number of nitrogens with one attached hydrogen (secondary N) is 1. The van der Waals surface area contributed by atoms with Gasteiger partial charge in [0.05, 0.1) is 19.2 Å². The molecule has 0 saturated carbocycles. The third kappa shape index (κ3) is 5.56. The average Bonchev–Trinajstić information content (AvgIpc) is 3.27. The van der Waals surface area contributed by atoms with Gasteiger partial charge in [-0.05, 0) is 56.6 Å². The Kier molecular flexibility index (Phi) is 7.05. The molecule has 2 aliphatic rings. The third-order valence-corrected chi connectivity index (χ3v) is 5.54. The van der Waals surface area contributed by atoms with Crippen molar-refractivity contribution in [2.24, 2.45) is 10.2 Å². The van der Waals surface area contributed by atoms with E-state index in [-0.39, 0.29) is 12.3 Å². The van der Waals surface area contributed by atoms with Gasteiger partial charge in [-0.2, -0.15) is 5.10 Å². The number of rotatable bonds is 8. The lowest BCUT2D eigenvalue weighted by Crippen LogP contribution is -2.26. The summed E-state index contributed by atoms with van der Waals surface area (Å²) in [6.07, 6.45) is 3.84.